The molecule has 104 valence electrons. The van der Waals surface area contributed by atoms with Crippen molar-refractivity contribution >= 4 is 11.8 Å². The maximum atomic E-state index is 11.9. The molecule has 1 aliphatic rings. The molecule has 3 heteroatoms. The molecule has 0 bridgehead atoms. The third-order valence-corrected chi connectivity index (χ3v) is 3.39. The van der Waals surface area contributed by atoms with Crippen LogP contribution in [0.1, 0.15) is 50.0 Å². The van der Waals surface area contributed by atoms with E-state index in [0.29, 0.717) is 5.78 Å². The summed E-state index contributed by atoms with van der Waals surface area (Å²) in [6.07, 6.45) is 2.01. The number of rotatable bonds is 1. The molecule has 1 aromatic rings. The Kier molecular flexibility index (Phi) is 4.87. The number of Topliss-reactive ketones (excluding diaryl/α,β-unsaturated/α-hetero) is 1. The Labute approximate surface area is 114 Å². The molecule has 0 atom stereocenters. The summed E-state index contributed by atoms with van der Waals surface area (Å²) in [6.45, 7) is 7.35. The van der Waals surface area contributed by atoms with Crippen LogP contribution in [-0.4, -0.2) is 16.9 Å². The first-order chi connectivity index (χ1) is 8.75. The van der Waals surface area contributed by atoms with Crippen LogP contribution in [0.4, 0.5) is 0 Å². The molecular formula is C16H22O3. The van der Waals surface area contributed by atoms with Crippen LogP contribution in [0, 0.1) is 11.3 Å². The number of aryl methyl sites for hydroxylation is 1. The minimum atomic E-state index is -0.741. The quantitative estimate of drug-likeness (QED) is 0.841. The molecule has 0 aliphatic heterocycles. The lowest BCUT2D eigenvalue weighted by atomic mass is 9.73. The van der Waals surface area contributed by atoms with E-state index in [2.05, 4.69) is 6.07 Å². The van der Waals surface area contributed by atoms with E-state index in [1.807, 2.05) is 32.0 Å². The highest BCUT2D eigenvalue weighted by Gasteiger charge is 2.33. The van der Waals surface area contributed by atoms with Gasteiger partial charge in [-0.05, 0) is 18.4 Å². The van der Waals surface area contributed by atoms with E-state index in [9.17, 15) is 9.59 Å². The molecule has 0 saturated carbocycles. The van der Waals surface area contributed by atoms with Gasteiger partial charge in [-0.2, -0.15) is 0 Å². The van der Waals surface area contributed by atoms with Crippen LogP contribution in [0.2, 0.25) is 0 Å². The SMILES string of the molecule is CC(C)C(=O)O.CC1(C)CCc2ccccc2C1=O. The van der Waals surface area contributed by atoms with Crippen LogP contribution in [0.25, 0.3) is 0 Å². The standard InChI is InChI=1S/C12H14O.C4H8O2/c1-12(2)8-7-9-5-3-4-6-10(9)11(12)13;1-3(2)4(5)6/h3-6H,7-8H2,1-2H3;3H,1-2H3,(H,5,6). The van der Waals surface area contributed by atoms with Gasteiger partial charge in [-0.25, -0.2) is 0 Å². The van der Waals surface area contributed by atoms with E-state index in [-0.39, 0.29) is 11.3 Å². The lowest BCUT2D eigenvalue weighted by Crippen LogP contribution is -2.30. The Hall–Kier alpha value is -1.64. The van der Waals surface area contributed by atoms with Gasteiger partial charge >= 0.3 is 5.97 Å². The normalized spacial score (nSPS) is 16.4. The fraction of sp³-hybridized carbons (Fsp3) is 0.500. The molecule has 0 amide bonds. The molecule has 1 aromatic carbocycles. The van der Waals surface area contributed by atoms with Gasteiger partial charge in [-0.3, -0.25) is 9.59 Å². The van der Waals surface area contributed by atoms with Crippen LogP contribution in [0.3, 0.4) is 0 Å². The topological polar surface area (TPSA) is 54.4 Å². The second-order valence-corrected chi connectivity index (χ2v) is 5.86. The summed E-state index contributed by atoms with van der Waals surface area (Å²) in [4.78, 5) is 21.6. The number of carbonyl (C=O) groups excluding carboxylic acids is 1. The number of aliphatic carboxylic acids is 1. The number of benzene rings is 1. The highest BCUT2D eigenvalue weighted by Crippen LogP contribution is 2.34. The average molecular weight is 262 g/mol. The summed E-state index contributed by atoms with van der Waals surface area (Å²) in [5.41, 5.74) is 1.99. The average Bonchev–Trinajstić information content (AvgIpc) is 2.35. The molecule has 0 saturated heterocycles. The first-order valence-electron chi connectivity index (χ1n) is 6.61. The third kappa shape index (κ3) is 3.91. The van der Waals surface area contributed by atoms with Crippen molar-refractivity contribution in [1.29, 1.82) is 0 Å². The third-order valence-electron chi connectivity index (χ3n) is 3.39. The van der Waals surface area contributed by atoms with E-state index in [0.717, 1.165) is 18.4 Å². The zero-order valence-electron chi connectivity index (χ0n) is 12.1. The summed E-state index contributed by atoms with van der Waals surface area (Å²) in [7, 11) is 0. The van der Waals surface area contributed by atoms with Crippen molar-refractivity contribution in [3.63, 3.8) is 0 Å². The van der Waals surface area contributed by atoms with Gasteiger partial charge in [-0.1, -0.05) is 52.0 Å². The highest BCUT2D eigenvalue weighted by atomic mass is 16.4. The first kappa shape index (κ1) is 15.4. The van der Waals surface area contributed by atoms with E-state index in [1.54, 1.807) is 13.8 Å². The van der Waals surface area contributed by atoms with Gasteiger partial charge in [-0.15, -0.1) is 0 Å². The summed E-state index contributed by atoms with van der Waals surface area (Å²) in [5, 5.41) is 7.99. The molecule has 0 spiro atoms. The monoisotopic (exact) mass is 262 g/mol. The van der Waals surface area contributed by atoms with Crippen LogP contribution >= 0.6 is 0 Å². The molecule has 0 unspecified atom stereocenters. The molecule has 3 nitrogen and oxygen atoms in total. The minimum absolute atomic E-state index is 0.158. The van der Waals surface area contributed by atoms with Gasteiger partial charge in [0, 0.05) is 11.0 Å². The predicted molar refractivity (Wildman–Crippen MR) is 75.3 cm³/mol. The second kappa shape index (κ2) is 6.00. The van der Waals surface area contributed by atoms with Gasteiger partial charge in [0.2, 0.25) is 0 Å². The summed E-state index contributed by atoms with van der Waals surface area (Å²) in [6, 6.07) is 7.95. The molecule has 0 radical (unpaired) electrons. The van der Waals surface area contributed by atoms with E-state index >= 15 is 0 Å². The lowest BCUT2D eigenvalue weighted by molar-refractivity contribution is -0.140. The number of ketones is 1. The fourth-order valence-electron chi connectivity index (χ4n) is 1.89. The van der Waals surface area contributed by atoms with Crippen LogP contribution < -0.4 is 0 Å². The Bertz CT molecular complexity index is 473. The van der Waals surface area contributed by atoms with E-state index in [1.165, 1.54) is 5.56 Å². The zero-order valence-corrected chi connectivity index (χ0v) is 12.1. The Balaban J connectivity index is 0.000000258. The number of carbonyl (C=O) groups is 2. The van der Waals surface area contributed by atoms with Crippen molar-refractivity contribution in [3.8, 4) is 0 Å². The van der Waals surface area contributed by atoms with Crippen LogP contribution in [0.15, 0.2) is 24.3 Å². The number of carboxylic acids is 1. The molecule has 0 heterocycles. The fourth-order valence-corrected chi connectivity index (χ4v) is 1.89. The molecule has 2 rings (SSSR count). The summed E-state index contributed by atoms with van der Waals surface area (Å²) < 4.78 is 0. The van der Waals surface area contributed by atoms with Gasteiger partial charge in [0.1, 0.15) is 0 Å². The van der Waals surface area contributed by atoms with Crippen molar-refractivity contribution in [3.05, 3.63) is 35.4 Å². The first-order valence-corrected chi connectivity index (χ1v) is 6.61. The minimum Gasteiger partial charge on any atom is -0.481 e. The molecular weight excluding hydrogens is 240 g/mol. The molecule has 1 aliphatic carbocycles. The van der Waals surface area contributed by atoms with Gasteiger partial charge in [0.05, 0.1) is 5.92 Å². The van der Waals surface area contributed by atoms with Gasteiger partial charge < -0.3 is 5.11 Å². The predicted octanol–water partition coefficient (Wildman–Crippen LogP) is 3.57. The molecule has 0 aromatic heterocycles. The van der Waals surface area contributed by atoms with Gasteiger partial charge in [0.15, 0.2) is 5.78 Å². The van der Waals surface area contributed by atoms with Crippen molar-refractivity contribution in [2.45, 2.75) is 40.5 Å². The Morgan fingerprint density at radius 3 is 2.32 bits per heavy atom. The highest BCUT2D eigenvalue weighted by molar-refractivity contribution is 6.02. The Morgan fingerprint density at radius 1 is 1.26 bits per heavy atom. The van der Waals surface area contributed by atoms with Crippen molar-refractivity contribution in [1.82, 2.24) is 0 Å². The summed E-state index contributed by atoms with van der Waals surface area (Å²) in [5.74, 6) is -0.672. The second-order valence-electron chi connectivity index (χ2n) is 5.86. The molecule has 1 N–H and O–H groups in total. The maximum absolute atomic E-state index is 11.9. The van der Waals surface area contributed by atoms with Gasteiger partial charge in [0.25, 0.3) is 0 Å². The van der Waals surface area contributed by atoms with Crippen molar-refractivity contribution < 1.29 is 14.7 Å². The number of carboxylic acid groups (broad SMARTS) is 1. The molecule has 0 fully saturated rings. The van der Waals surface area contributed by atoms with Crippen molar-refractivity contribution in [2.75, 3.05) is 0 Å². The van der Waals surface area contributed by atoms with Crippen molar-refractivity contribution in [2.24, 2.45) is 11.3 Å². The Morgan fingerprint density at radius 2 is 1.79 bits per heavy atom. The van der Waals surface area contributed by atoms with Crippen LogP contribution in [-0.2, 0) is 11.2 Å². The summed E-state index contributed by atoms with van der Waals surface area (Å²) >= 11 is 0. The maximum Gasteiger partial charge on any atom is 0.305 e. The number of fused-ring (bicyclic) bond motifs is 1. The van der Waals surface area contributed by atoms with Crippen LogP contribution in [0.5, 0.6) is 0 Å². The number of hydrogen-bond donors (Lipinski definition) is 1. The largest absolute Gasteiger partial charge is 0.481 e. The molecule has 19 heavy (non-hydrogen) atoms. The number of hydrogen-bond acceptors (Lipinski definition) is 2. The van der Waals surface area contributed by atoms with E-state index in [4.69, 9.17) is 5.11 Å². The van der Waals surface area contributed by atoms with E-state index < -0.39 is 5.97 Å². The zero-order chi connectivity index (χ0) is 14.6. The smallest absolute Gasteiger partial charge is 0.305 e. The lowest BCUT2D eigenvalue weighted by Gasteiger charge is -2.29.